The third-order valence-electron chi connectivity index (χ3n) is 3.28. The maximum absolute atomic E-state index is 12.1. The van der Waals surface area contributed by atoms with Crippen LogP contribution in [0.4, 0.5) is 0 Å². The van der Waals surface area contributed by atoms with Crippen molar-refractivity contribution in [1.29, 1.82) is 0 Å². The zero-order valence-electron chi connectivity index (χ0n) is 12.1. The number of thiophene rings is 1. The Labute approximate surface area is 134 Å². The van der Waals surface area contributed by atoms with Crippen LogP contribution in [-0.2, 0) is 11.3 Å². The van der Waals surface area contributed by atoms with Crippen LogP contribution in [0, 0.1) is 0 Å². The highest BCUT2D eigenvalue weighted by Gasteiger charge is 2.16. The molecule has 21 heavy (non-hydrogen) atoms. The normalized spacial score (nSPS) is 13.7. The molecule has 0 spiro atoms. The van der Waals surface area contributed by atoms with Gasteiger partial charge in [-0.1, -0.05) is 29.8 Å². The Morgan fingerprint density at radius 1 is 1.24 bits per heavy atom. The minimum Gasteiger partial charge on any atom is -0.350 e. The fourth-order valence-corrected chi connectivity index (χ4v) is 2.81. The maximum Gasteiger partial charge on any atom is 0.237 e. The molecule has 3 nitrogen and oxygen atoms in total. The smallest absolute Gasteiger partial charge is 0.237 e. The van der Waals surface area contributed by atoms with Gasteiger partial charge in [-0.25, -0.2) is 0 Å². The summed E-state index contributed by atoms with van der Waals surface area (Å²) in [7, 11) is 0. The molecule has 5 heteroatoms. The molecule has 2 rings (SSSR count). The van der Waals surface area contributed by atoms with Gasteiger partial charge < -0.3 is 5.32 Å². The maximum atomic E-state index is 12.1. The Bertz CT molecular complexity index is 568. The molecule has 2 aromatic rings. The molecule has 112 valence electrons. The van der Waals surface area contributed by atoms with E-state index in [2.05, 4.69) is 10.6 Å². The number of nitrogens with one attached hydrogen (secondary N) is 2. The highest BCUT2D eigenvalue weighted by atomic mass is 35.5. The Balaban J connectivity index is 1.83. The Morgan fingerprint density at radius 2 is 1.95 bits per heavy atom. The van der Waals surface area contributed by atoms with Gasteiger partial charge in [-0.3, -0.25) is 10.1 Å². The van der Waals surface area contributed by atoms with Crippen LogP contribution >= 0.6 is 22.9 Å². The molecule has 0 unspecified atom stereocenters. The largest absolute Gasteiger partial charge is 0.350 e. The molecule has 0 fully saturated rings. The predicted octanol–water partition coefficient (Wildman–Crippen LogP) is 3.76. The van der Waals surface area contributed by atoms with E-state index in [1.165, 1.54) is 0 Å². The minimum absolute atomic E-state index is 0.00390. The molecule has 1 aromatic heterocycles. The van der Waals surface area contributed by atoms with Crippen LogP contribution in [0.3, 0.4) is 0 Å². The summed E-state index contributed by atoms with van der Waals surface area (Å²) < 4.78 is 0. The van der Waals surface area contributed by atoms with E-state index in [0.717, 1.165) is 10.4 Å². The Hall–Kier alpha value is -1.36. The molecule has 0 aliphatic rings. The van der Waals surface area contributed by atoms with Gasteiger partial charge in [0.25, 0.3) is 0 Å². The van der Waals surface area contributed by atoms with Gasteiger partial charge in [-0.15, -0.1) is 11.3 Å². The zero-order valence-corrected chi connectivity index (χ0v) is 13.7. The second-order valence-electron chi connectivity index (χ2n) is 4.96. The molecule has 0 aliphatic heterocycles. The SMILES string of the molecule is C[C@H](N[C@H](C)C(=O)NCc1cccs1)c1ccc(Cl)cc1. The number of hydrogen-bond donors (Lipinski definition) is 2. The number of halogens is 1. The molecular formula is C16H19ClN2OS. The standard InChI is InChI=1S/C16H19ClN2OS/c1-11(13-5-7-14(17)8-6-13)19-12(2)16(20)18-10-15-4-3-9-21-15/h3-9,11-12,19H,10H2,1-2H3,(H,18,20)/t11-,12+/m0/s1. The lowest BCUT2D eigenvalue weighted by molar-refractivity contribution is -0.123. The lowest BCUT2D eigenvalue weighted by Crippen LogP contribution is -2.42. The summed E-state index contributed by atoms with van der Waals surface area (Å²) in [6.07, 6.45) is 0. The fraction of sp³-hybridized carbons (Fsp3) is 0.312. The van der Waals surface area contributed by atoms with Crippen molar-refractivity contribution in [3.8, 4) is 0 Å². The summed E-state index contributed by atoms with van der Waals surface area (Å²) in [6.45, 7) is 4.49. The average Bonchev–Trinajstić information content (AvgIpc) is 2.98. The van der Waals surface area contributed by atoms with Crippen LogP contribution in [0.5, 0.6) is 0 Å². The average molecular weight is 323 g/mol. The van der Waals surface area contributed by atoms with Crippen molar-refractivity contribution in [2.75, 3.05) is 0 Å². The number of benzene rings is 1. The van der Waals surface area contributed by atoms with Gasteiger partial charge in [0.2, 0.25) is 5.91 Å². The first kappa shape index (κ1) is 16.0. The van der Waals surface area contributed by atoms with Crippen molar-refractivity contribution in [1.82, 2.24) is 10.6 Å². The van der Waals surface area contributed by atoms with E-state index in [0.29, 0.717) is 11.6 Å². The van der Waals surface area contributed by atoms with Gasteiger partial charge in [-0.2, -0.15) is 0 Å². The first-order valence-corrected chi connectivity index (χ1v) is 8.13. The van der Waals surface area contributed by atoms with Crippen LogP contribution in [0.1, 0.15) is 30.3 Å². The van der Waals surface area contributed by atoms with Crippen LogP contribution in [0.2, 0.25) is 5.02 Å². The monoisotopic (exact) mass is 322 g/mol. The zero-order chi connectivity index (χ0) is 15.2. The second kappa shape index (κ2) is 7.59. The highest BCUT2D eigenvalue weighted by molar-refractivity contribution is 7.09. The molecule has 2 atom stereocenters. The first-order chi connectivity index (χ1) is 10.1. The Morgan fingerprint density at radius 3 is 2.57 bits per heavy atom. The van der Waals surface area contributed by atoms with Crippen molar-refractivity contribution >= 4 is 28.8 Å². The van der Waals surface area contributed by atoms with E-state index in [9.17, 15) is 4.79 Å². The third kappa shape index (κ3) is 4.84. The number of rotatable bonds is 6. The molecule has 0 bridgehead atoms. The fourth-order valence-electron chi connectivity index (χ4n) is 2.04. The summed E-state index contributed by atoms with van der Waals surface area (Å²) in [5, 5.41) is 8.95. The van der Waals surface area contributed by atoms with Crippen LogP contribution < -0.4 is 10.6 Å². The number of carbonyl (C=O) groups excluding carboxylic acids is 1. The molecule has 0 saturated carbocycles. The van der Waals surface area contributed by atoms with Gasteiger partial charge in [-0.05, 0) is 43.0 Å². The van der Waals surface area contributed by atoms with Gasteiger partial charge in [0.05, 0.1) is 12.6 Å². The number of hydrogen-bond acceptors (Lipinski definition) is 3. The van der Waals surface area contributed by atoms with Crippen molar-refractivity contribution in [2.24, 2.45) is 0 Å². The summed E-state index contributed by atoms with van der Waals surface area (Å²) in [6, 6.07) is 11.5. The molecule has 2 N–H and O–H groups in total. The number of amides is 1. The first-order valence-electron chi connectivity index (χ1n) is 6.88. The van der Waals surface area contributed by atoms with E-state index in [-0.39, 0.29) is 18.0 Å². The Kier molecular flexibility index (Phi) is 5.79. The van der Waals surface area contributed by atoms with E-state index < -0.39 is 0 Å². The molecule has 1 aromatic carbocycles. The lowest BCUT2D eigenvalue weighted by atomic mass is 10.1. The molecule has 0 saturated heterocycles. The molecule has 0 radical (unpaired) electrons. The molecule has 1 heterocycles. The van der Waals surface area contributed by atoms with E-state index >= 15 is 0 Å². The molecular weight excluding hydrogens is 304 g/mol. The van der Waals surface area contributed by atoms with Crippen LogP contribution in [0.15, 0.2) is 41.8 Å². The second-order valence-corrected chi connectivity index (χ2v) is 6.43. The van der Waals surface area contributed by atoms with Crippen molar-refractivity contribution in [3.63, 3.8) is 0 Å². The number of carbonyl (C=O) groups is 1. The summed E-state index contributed by atoms with van der Waals surface area (Å²) in [4.78, 5) is 13.2. The van der Waals surface area contributed by atoms with Gasteiger partial charge in [0.15, 0.2) is 0 Å². The van der Waals surface area contributed by atoms with Gasteiger partial charge in [0, 0.05) is 15.9 Å². The van der Waals surface area contributed by atoms with Crippen LogP contribution in [0.25, 0.3) is 0 Å². The summed E-state index contributed by atoms with van der Waals surface area (Å²) >= 11 is 7.52. The topological polar surface area (TPSA) is 41.1 Å². The van der Waals surface area contributed by atoms with Crippen molar-refractivity contribution < 1.29 is 4.79 Å². The minimum atomic E-state index is -0.254. The molecule has 0 aliphatic carbocycles. The lowest BCUT2D eigenvalue weighted by Gasteiger charge is -2.20. The quantitative estimate of drug-likeness (QED) is 0.850. The van der Waals surface area contributed by atoms with Gasteiger partial charge in [0.1, 0.15) is 0 Å². The highest BCUT2D eigenvalue weighted by Crippen LogP contribution is 2.16. The van der Waals surface area contributed by atoms with Crippen LogP contribution in [-0.4, -0.2) is 11.9 Å². The van der Waals surface area contributed by atoms with E-state index in [4.69, 9.17) is 11.6 Å². The third-order valence-corrected chi connectivity index (χ3v) is 4.41. The van der Waals surface area contributed by atoms with Crippen molar-refractivity contribution in [3.05, 3.63) is 57.2 Å². The molecule has 1 amide bonds. The summed E-state index contributed by atoms with van der Waals surface area (Å²) in [5.41, 5.74) is 1.11. The summed E-state index contributed by atoms with van der Waals surface area (Å²) in [5.74, 6) is 0.00390. The predicted molar refractivity (Wildman–Crippen MR) is 88.6 cm³/mol. The van der Waals surface area contributed by atoms with E-state index in [1.807, 2.05) is 55.6 Å². The van der Waals surface area contributed by atoms with Crippen molar-refractivity contribution in [2.45, 2.75) is 32.5 Å². The van der Waals surface area contributed by atoms with E-state index in [1.54, 1.807) is 11.3 Å². The van der Waals surface area contributed by atoms with Gasteiger partial charge >= 0.3 is 0 Å².